The molecule has 2 aliphatic rings. The molecule has 6 heteroatoms. The van der Waals surface area contributed by atoms with Gasteiger partial charge in [-0.05, 0) is 53.8 Å². The number of aryl methyl sites for hydroxylation is 2. The average molecular weight is 389 g/mol. The predicted octanol–water partition coefficient (Wildman–Crippen LogP) is 2.80. The maximum absolute atomic E-state index is 12.1. The zero-order valence-corrected chi connectivity index (χ0v) is 16.3. The van der Waals surface area contributed by atoms with E-state index in [1.165, 1.54) is 22.3 Å². The van der Waals surface area contributed by atoms with Gasteiger partial charge in [0.15, 0.2) is 0 Å². The minimum absolute atomic E-state index is 0.200. The Kier molecular flexibility index (Phi) is 4.36. The number of aliphatic hydroxyl groups is 1. The van der Waals surface area contributed by atoms with E-state index in [4.69, 9.17) is 9.84 Å². The summed E-state index contributed by atoms with van der Waals surface area (Å²) in [5, 5.41) is 14.5. The first-order valence-electron chi connectivity index (χ1n) is 9.94. The Morgan fingerprint density at radius 1 is 1.14 bits per heavy atom. The van der Waals surface area contributed by atoms with Crippen LogP contribution in [0.2, 0.25) is 0 Å². The molecule has 148 valence electrons. The second-order valence-electron chi connectivity index (χ2n) is 7.67. The summed E-state index contributed by atoms with van der Waals surface area (Å²) in [5.74, 6) is 0.649. The van der Waals surface area contributed by atoms with E-state index < -0.39 is 6.10 Å². The normalized spacial score (nSPS) is 17.9. The van der Waals surface area contributed by atoms with Crippen molar-refractivity contribution in [3.8, 4) is 16.9 Å². The van der Waals surface area contributed by atoms with Gasteiger partial charge in [-0.2, -0.15) is 5.10 Å². The zero-order valence-electron chi connectivity index (χ0n) is 16.3. The van der Waals surface area contributed by atoms with Crippen molar-refractivity contribution in [3.63, 3.8) is 0 Å². The Bertz CT molecular complexity index is 1070. The fraction of sp³-hybridized carbons (Fsp3) is 0.304. The van der Waals surface area contributed by atoms with Crippen molar-refractivity contribution in [1.29, 1.82) is 0 Å². The minimum atomic E-state index is -0.867. The van der Waals surface area contributed by atoms with Crippen LogP contribution in [-0.4, -0.2) is 40.6 Å². The van der Waals surface area contributed by atoms with Crippen LogP contribution in [0, 0.1) is 0 Å². The van der Waals surface area contributed by atoms with Gasteiger partial charge in [0.2, 0.25) is 0 Å². The molecule has 1 N–H and O–H groups in total. The second-order valence-corrected chi connectivity index (χ2v) is 7.67. The van der Waals surface area contributed by atoms with Gasteiger partial charge in [0.1, 0.15) is 11.9 Å². The van der Waals surface area contributed by atoms with Crippen LogP contribution in [-0.2, 0) is 24.2 Å². The standard InChI is InChI=1S/C23H23N3O3/c1-29-18-6-2-15(3-7-18)13-25-14-20-19-8-5-17(26-11-10-22(27)23(26)28)12-16(19)4-9-21(20)24-25/h2-3,5-8,12,14,22,27H,4,9-11,13H2,1H3. The second kappa shape index (κ2) is 7.04. The molecule has 29 heavy (non-hydrogen) atoms. The third-order valence-electron chi connectivity index (χ3n) is 5.84. The summed E-state index contributed by atoms with van der Waals surface area (Å²) < 4.78 is 7.22. The maximum Gasteiger partial charge on any atom is 0.255 e. The van der Waals surface area contributed by atoms with Crippen LogP contribution in [0.25, 0.3) is 11.1 Å². The first-order chi connectivity index (χ1) is 14.1. The molecule has 5 rings (SSSR count). The third-order valence-corrected chi connectivity index (χ3v) is 5.84. The lowest BCUT2D eigenvalue weighted by molar-refractivity contribution is -0.123. The summed E-state index contributed by atoms with van der Waals surface area (Å²) in [5.41, 5.74) is 6.74. The van der Waals surface area contributed by atoms with Gasteiger partial charge in [0.25, 0.3) is 5.91 Å². The van der Waals surface area contributed by atoms with Gasteiger partial charge in [0, 0.05) is 30.4 Å². The van der Waals surface area contributed by atoms with Crippen LogP contribution in [0.1, 0.15) is 23.2 Å². The summed E-state index contributed by atoms with van der Waals surface area (Å²) in [6, 6.07) is 14.2. The lowest BCUT2D eigenvalue weighted by atomic mass is 9.89. The molecule has 0 saturated carbocycles. The summed E-state index contributed by atoms with van der Waals surface area (Å²) in [6.45, 7) is 1.29. The summed E-state index contributed by atoms with van der Waals surface area (Å²) in [6.07, 6.45) is 3.53. The van der Waals surface area contributed by atoms with Crippen molar-refractivity contribution in [3.05, 3.63) is 65.5 Å². The molecular weight excluding hydrogens is 366 g/mol. The van der Waals surface area contributed by atoms with Gasteiger partial charge >= 0.3 is 0 Å². The number of rotatable bonds is 4. The molecule has 2 aromatic carbocycles. The van der Waals surface area contributed by atoms with Crippen LogP contribution in [0.5, 0.6) is 5.75 Å². The number of ether oxygens (including phenoxy) is 1. The number of nitrogens with zero attached hydrogens (tertiary/aromatic N) is 3. The molecule has 1 atom stereocenters. The van der Waals surface area contributed by atoms with Crippen molar-refractivity contribution in [2.24, 2.45) is 0 Å². The highest BCUT2D eigenvalue weighted by molar-refractivity contribution is 5.99. The highest BCUT2D eigenvalue weighted by atomic mass is 16.5. The molecule has 0 bridgehead atoms. The number of hydrogen-bond donors (Lipinski definition) is 1. The first kappa shape index (κ1) is 17.9. The van der Waals surface area contributed by atoms with E-state index in [0.29, 0.717) is 19.5 Å². The average Bonchev–Trinajstić information content (AvgIpc) is 3.31. The molecule has 2 heterocycles. The summed E-state index contributed by atoms with van der Waals surface area (Å²) in [7, 11) is 1.67. The molecule has 0 radical (unpaired) electrons. The molecule has 1 unspecified atom stereocenters. The van der Waals surface area contributed by atoms with E-state index in [2.05, 4.69) is 30.5 Å². The van der Waals surface area contributed by atoms with E-state index in [9.17, 15) is 9.90 Å². The molecule has 1 aliphatic heterocycles. The number of methoxy groups -OCH3 is 1. The van der Waals surface area contributed by atoms with Crippen molar-refractivity contribution in [2.45, 2.75) is 31.9 Å². The minimum Gasteiger partial charge on any atom is -0.497 e. The Balaban J connectivity index is 1.41. The van der Waals surface area contributed by atoms with Gasteiger partial charge in [-0.1, -0.05) is 18.2 Å². The molecule has 1 aromatic heterocycles. The van der Waals surface area contributed by atoms with Gasteiger partial charge < -0.3 is 14.7 Å². The topological polar surface area (TPSA) is 67.6 Å². The lowest BCUT2D eigenvalue weighted by Crippen LogP contribution is -2.29. The van der Waals surface area contributed by atoms with Gasteiger partial charge in [0.05, 0.1) is 19.3 Å². The van der Waals surface area contributed by atoms with Crippen molar-refractivity contribution >= 4 is 11.6 Å². The number of amides is 1. The fourth-order valence-corrected chi connectivity index (χ4v) is 4.26. The molecule has 1 amide bonds. The number of anilines is 1. The maximum atomic E-state index is 12.1. The smallest absolute Gasteiger partial charge is 0.255 e. The number of aliphatic hydroxyl groups excluding tert-OH is 1. The number of benzene rings is 2. The summed E-state index contributed by atoms with van der Waals surface area (Å²) >= 11 is 0. The van der Waals surface area contributed by atoms with Crippen LogP contribution in [0.3, 0.4) is 0 Å². The van der Waals surface area contributed by atoms with Crippen LogP contribution < -0.4 is 9.64 Å². The van der Waals surface area contributed by atoms with E-state index in [1.807, 2.05) is 22.9 Å². The monoisotopic (exact) mass is 389 g/mol. The number of aromatic nitrogens is 2. The van der Waals surface area contributed by atoms with Crippen molar-refractivity contribution in [2.75, 3.05) is 18.6 Å². The third kappa shape index (κ3) is 3.19. The number of fused-ring (bicyclic) bond motifs is 3. The van der Waals surface area contributed by atoms with E-state index in [1.54, 1.807) is 12.0 Å². The molecule has 1 fully saturated rings. The molecule has 6 nitrogen and oxygen atoms in total. The van der Waals surface area contributed by atoms with Crippen LogP contribution in [0.15, 0.2) is 48.7 Å². The Labute approximate surface area is 169 Å². The number of carbonyl (C=O) groups excluding carboxylic acids is 1. The molecule has 1 saturated heterocycles. The largest absolute Gasteiger partial charge is 0.497 e. The molecular formula is C23H23N3O3. The van der Waals surface area contributed by atoms with E-state index in [-0.39, 0.29) is 5.91 Å². The Morgan fingerprint density at radius 3 is 2.69 bits per heavy atom. The molecule has 0 spiro atoms. The van der Waals surface area contributed by atoms with Crippen LogP contribution >= 0.6 is 0 Å². The van der Waals surface area contributed by atoms with Crippen molar-refractivity contribution < 1.29 is 14.6 Å². The number of hydrogen-bond acceptors (Lipinski definition) is 4. The van der Waals surface area contributed by atoms with Gasteiger partial charge in [-0.3, -0.25) is 9.48 Å². The predicted molar refractivity (Wildman–Crippen MR) is 110 cm³/mol. The highest BCUT2D eigenvalue weighted by Crippen LogP contribution is 2.36. The molecule has 3 aromatic rings. The number of carbonyl (C=O) groups is 1. The zero-order chi connectivity index (χ0) is 20.0. The van der Waals surface area contributed by atoms with Gasteiger partial charge in [-0.15, -0.1) is 0 Å². The highest BCUT2D eigenvalue weighted by Gasteiger charge is 2.31. The quantitative estimate of drug-likeness (QED) is 0.745. The van der Waals surface area contributed by atoms with Crippen molar-refractivity contribution in [1.82, 2.24) is 9.78 Å². The Hall–Kier alpha value is -3.12. The summed E-state index contributed by atoms with van der Waals surface area (Å²) in [4.78, 5) is 13.8. The van der Waals surface area contributed by atoms with Crippen LogP contribution in [0.4, 0.5) is 5.69 Å². The Morgan fingerprint density at radius 2 is 1.97 bits per heavy atom. The van der Waals surface area contributed by atoms with Gasteiger partial charge in [-0.25, -0.2) is 0 Å². The first-order valence-corrected chi connectivity index (χ1v) is 9.94. The molecule has 1 aliphatic carbocycles. The lowest BCUT2D eigenvalue weighted by Gasteiger charge is -2.21. The van der Waals surface area contributed by atoms with E-state index >= 15 is 0 Å². The SMILES string of the molecule is COc1ccc(Cn2cc3c(n2)CCc2cc(N4CCC(O)C4=O)ccc2-3)cc1. The van der Waals surface area contributed by atoms with E-state index in [0.717, 1.165) is 30.0 Å². The fourth-order valence-electron chi connectivity index (χ4n) is 4.26.